The minimum Gasteiger partial charge on any atom is -0.457 e. The molecule has 4 nitrogen and oxygen atoms in total. The van der Waals surface area contributed by atoms with Crippen molar-refractivity contribution in [1.29, 1.82) is 0 Å². The van der Waals surface area contributed by atoms with Gasteiger partial charge in [-0.3, -0.25) is 4.79 Å². The highest BCUT2D eigenvalue weighted by atomic mass is 35.6. The van der Waals surface area contributed by atoms with Crippen LogP contribution < -0.4 is 0 Å². The first-order valence-corrected chi connectivity index (χ1v) is 5.10. The van der Waals surface area contributed by atoms with E-state index in [4.69, 9.17) is 39.5 Å². The molecule has 0 N–H and O–H groups in total. The van der Waals surface area contributed by atoms with Crippen LogP contribution in [0.1, 0.15) is 20.8 Å². The third-order valence-electron chi connectivity index (χ3n) is 1.11. The molecule has 1 atom stereocenters. The van der Waals surface area contributed by atoms with Gasteiger partial charge in [-0.2, -0.15) is 0 Å². The first-order valence-electron chi connectivity index (χ1n) is 3.96. The predicted molar refractivity (Wildman–Crippen MR) is 57.1 cm³/mol. The summed E-state index contributed by atoms with van der Waals surface area (Å²) in [5, 5.41) is 0. The average molecular weight is 278 g/mol. The molecule has 88 valence electrons. The molecule has 1 unspecified atom stereocenters. The molecule has 0 aliphatic rings. The minimum absolute atomic E-state index is 0.0243. The Morgan fingerprint density at radius 3 is 2.00 bits per heavy atom. The standard InChI is InChI=1S/C8H11Cl3O4/c1-7(2,3)15-6(13)5(14-4-12)8(9,10)11/h4-5H,1-3H3. The number of halogens is 3. The van der Waals surface area contributed by atoms with Crippen LogP contribution in [0.3, 0.4) is 0 Å². The molecule has 0 radical (unpaired) electrons. The van der Waals surface area contributed by atoms with Gasteiger partial charge in [0.2, 0.25) is 9.90 Å². The zero-order valence-corrected chi connectivity index (χ0v) is 10.7. The predicted octanol–water partition coefficient (Wildman–Crippen LogP) is 2.24. The largest absolute Gasteiger partial charge is 0.457 e. The second-order valence-corrected chi connectivity index (χ2v) is 6.06. The Balaban J connectivity index is 4.65. The van der Waals surface area contributed by atoms with Gasteiger partial charge >= 0.3 is 5.97 Å². The molecule has 0 aromatic heterocycles. The van der Waals surface area contributed by atoms with Crippen LogP contribution >= 0.6 is 34.8 Å². The van der Waals surface area contributed by atoms with E-state index in [2.05, 4.69) is 4.74 Å². The summed E-state index contributed by atoms with van der Waals surface area (Å²) < 4.78 is 7.21. The van der Waals surface area contributed by atoms with Crippen LogP contribution in [-0.2, 0) is 19.1 Å². The fourth-order valence-electron chi connectivity index (χ4n) is 0.677. The monoisotopic (exact) mass is 276 g/mol. The van der Waals surface area contributed by atoms with E-state index in [-0.39, 0.29) is 6.47 Å². The van der Waals surface area contributed by atoms with E-state index >= 15 is 0 Å². The van der Waals surface area contributed by atoms with Crippen molar-refractivity contribution in [3.63, 3.8) is 0 Å². The molecule has 15 heavy (non-hydrogen) atoms. The van der Waals surface area contributed by atoms with Crippen LogP contribution in [0.15, 0.2) is 0 Å². The molecule has 0 aliphatic carbocycles. The molecule has 7 heteroatoms. The van der Waals surface area contributed by atoms with Crippen molar-refractivity contribution in [3.8, 4) is 0 Å². The fraction of sp³-hybridized carbons (Fsp3) is 0.750. The lowest BCUT2D eigenvalue weighted by molar-refractivity contribution is -0.170. The quantitative estimate of drug-likeness (QED) is 0.451. The average Bonchev–Trinajstić information content (AvgIpc) is 1.93. The summed E-state index contributed by atoms with van der Waals surface area (Å²) in [6.45, 7) is 4.94. The Bertz CT molecular complexity index is 241. The summed E-state index contributed by atoms with van der Waals surface area (Å²) in [5.74, 6) is -0.908. The summed E-state index contributed by atoms with van der Waals surface area (Å²) in [5.41, 5.74) is -0.752. The molecule has 0 saturated heterocycles. The molecule has 0 aromatic rings. The topological polar surface area (TPSA) is 52.6 Å². The van der Waals surface area contributed by atoms with Gasteiger partial charge in [0.1, 0.15) is 5.60 Å². The lowest BCUT2D eigenvalue weighted by atomic mass is 10.2. The maximum absolute atomic E-state index is 11.4. The van der Waals surface area contributed by atoms with Crippen molar-refractivity contribution >= 4 is 47.2 Å². The zero-order valence-electron chi connectivity index (χ0n) is 8.42. The normalized spacial score (nSPS) is 14.3. The lowest BCUT2D eigenvalue weighted by Crippen LogP contribution is -2.41. The molecule has 0 saturated carbocycles. The van der Waals surface area contributed by atoms with Crippen LogP contribution in [0.4, 0.5) is 0 Å². The number of ether oxygens (including phenoxy) is 2. The van der Waals surface area contributed by atoms with E-state index in [1.165, 1.54) is 0 Å². The van der Waals surface area contributed by atoms with Gasteiger partial charge in [-0.05, 0) is 20.8 Å². The van der Waals surface area contributed by atoms with Crippen molar-refractivity contribution in [3.05, 3.63) is 0 Å². The second kappa shape index (κ2) is 5.23. The summed E-state index contributed by atoms with van der Waals surface area (Å²) in [6.07, 6.45) is -1.57. The molecular formula is C8H11Cl3O4. The summed E-state index contributed by atoms with van der Waals surface area (Å²) in [7, 11) is 0. The van der Waals surface area contributed by atoms with Gasteiger partial charge in [0.25, 0.3) is 6.47 Å². The Kier molecular flexibility index (Phi) is 5.17. The van der Waals surface area contributed by atoms with Gasteiger partial charge in [0.15, 0.2) is 0 Å². The van der Waals surface area contributed by atoms with Crippen molar-refractivity contribution in [2.24, 2.45) is 0 Å². The lowest BCUT2D eigenvalue weighted by Gasteiger charge is -2.26. The summed E-state index contributed by atoms with van der Waals surface area (Å²) in [6, 6.07) is 0. The Hall–Kier alpha value is -0.190. The van der Waals surface area contributed by atoms with Gasteiger partial charge in [-0.25, -0.2) is 4.79 Å². The van der Waals surface area contributed by atoms with E-state index in [0.717, 1.165) is 0 Å². The fourth-order valence-corrected chi connectivity index (χ4v) is 1.10. The van der Waals surface area contributed by atoms with Crippen LogP contribution in [0.25, 0.3) is 0 Å². The highest BCUT2D eigenvalue weighted by Crippen LogP contribution is 2.33. The number of rotatable bonds is 3. The minimum atomic E-state index is -2.05. The number of hydrogen-bond donors (Lipinski definition) is 0. The molecule has 0 fully saturated rings. The zero-order chi connectivity index (χ0) is 12.3. The smallest absolute Gasteiger partial charge is 0.352 e. The molecule has 0 heterocycles. The maximum Gasteiger partial charge on any atom is 0.352 e. The Morgan fingerprint density at radius 1 is 1.27 bits per heavy atom. The highest BCUT2D eigenvalue weighted by Gasteiger charge is 2.43. The van der Waals surface area contributed by atoms with Crippen molar-refractivity contribution in [2.75, 3.05) is 0 Å². The SMILES string of the molecule is CC(C)(C)OC(=O)C(OC=O)C(Cl)(Cl)Cl. The van der Waals surface area contributed by atoms with Crippen molar-refractivity contribution < 1.29 is 19.1 Å². The molecule has 0 amide bonds. The Labute approximate surface area is 103 Å². The molecule has 0 aromatic carbocycles. The molecular weight excluding hydrogens is 266 g/mol. The molecule has 0 spiro atoms. The van der Waals surface area contributed by atoms with Crippen LogP contribution in [0.2, 0.25) is 0 Å². The number of hydrogen-bond acceptors (Lipinski definition) is 4. The van der Waals surface area contributed by atoms with E-state index in [0.29, 0.717) is 0 Å². The highest BCUT2D eigenvalue weighted by molar-refractivity contribution is 6.68. The van der Waals surface area contributed by atoms with E-state index in [1.807, 2.05) is 0 Å². The third-order valence-corrected chi connectivity index (χ3v) is 1.70. The van der Waals surface area contributed by atoms with E-state index in [9.17, 15) is 9.59 Å². The van der Waals surface area contributed by atoms with Crippen LogP contribution in [0, 0.1) is 0 Å². The number of esters is 1. The number of alkyl halides is 3. The van der Waals surface area contributed by atoms with Gasteiger partial charge in [-0.15, -0.1) is 0 Å². The van der Waals surface area contributed by atoms with Gasteiger partial charge in [0.05, 0.1) is 0 Å². The van der Waals surface area contributed by atoms with Crippen LogP contribution in [0.5, 0.6) is 0 Å². The second-order valence-electron chi connectivity index (χ2n) is 3.69. The van der Waals surface area contributed by atoms with E-state index in [1.54, 1.807) is 20.8 Å². The van der Waals surface area contributed by atoms with E-state index < -0.39 is 21.5 Å². The summed E-state index contributed by atoms with van der Waals surface area (Å²) >= 11 is 16.3. The van der Waals surface area contributed by atoms with Gasteiger partial charge in [-0.1, -0.05) is 34.8 Å². The first-order chi connectivity index (χ1) is 6.58. The van der Waals surface area contributed by atoms with Crippen molar-refractivity contribution in [1.82, 2.24) is 0 Å². The maximum atomic E-state index is 11.4. The number of carbonyl (C=O) groups is 2. The number of carbonyl (C=O) groups excluding carboxylic acids is 2. The molecule has 0 bridgehead atoms. The summed E-state index contributed by atoms with van der Waals surface area (Å²) in [4.78, 5) is 21.6. The Morgan fingerprint density at radius 2 is 1.73 bits per heavy atom. The molecule has 0 aliphatic heterocycles. The van der Waals surface area contributed by atoms with Crippen LogP contribution in [-0.4, -0.2) is 27.9 Å². The van der Waals surface area contributed by atoms with Gasteiger partial charge in [0, 0.05) is 0 Å². The van der Waals surface area contributed by atoms with Gasteiger partial charge < -0.3 is 9.47 Å². The first kappa shape index (κ1) is 14.8. The third kappa shape index (κ3) is 6.07. The van der Waals surface area contributed by atoms with Crippen molar-refractivity contribution in [2.45, 2.75) is 36.3 Å². The molecule has 0 rings (SSSR count).